The molecule has 2 rings (SSSR count). The van der Waals surface area contributed by atoms with Gasteiger partial charge in [0, 0.05) is 19.8 Å². The molecule has 0 aliphatic heterocycles. The van der Waals surface area contributed by atoms with E-state index < -0.39 is 5.91 Å². The molecule has 0 saturated heterocycles. The fraction of sp³-hybridized carbons (Fsp3) is 0.500. The number of carbonyl (C=O) groups excluding carboxylic acids is 1. The molecule has 2 heterocycles. The van der Waals surface area contributed by atoms with Gasteiger partial charge in [0.1, 0.15) is 0 Å². The van der Waals surface area contributed by atoms with E-state index in [2.05, 4.69) is 25.3 Å². The molecule has 0 fully saturated rings. The van der Waals surface area contributed by atoms with E-state index in [1.165, 1.54) is 0 Å². The van der Waals surface area contributed by atoms with E-state index >= 15 is 0 Å². The SMILES string of the molecule is NC(=NCCCCCCOCCCc1sc(=O)[nH]c1O)NC(=O)c1nc(Cl)c(N)nc1N. The van der Waals surface area contributed by atoms with Crippen LogP contribution in [0.1, 0.15) is 47.5 Å². The van der Waals surface area contributed by atoms with Crippen molar-refractivity contribution in [1.29, 1.82) is 0 Å². The van der Waals surface area contributed by atoms with Crippen LogP contribution in [-0.2, 0) is 11.2 Å². The standard InChI is InChI=1S/C18H27ClN8O4S/c19-12-14(21)25-13(20)11(24-12)16(29)26-17(22)23-7-3-1-2-4-8-31-9-5-6-10-15(28)27-18(30)32-10/h28H,1-9H2,(H,27,30)(H4,20,21,25)(H3,22,23,26,29). The van der Waals surface area contributed by atoms with Gasteiger partial charge < -0.3 is 27.0 Å². The zero-order valence-corrected chi connectivity index (χ0v) is 19.0. The number of aromatic hydroxyl groups is 1. The predicted molar refractivity (Wildman–Crippen MR) is 124 cm³/mol. The topological polar surface area (TPSA) is 208 Å². The number of H-pyrrole nitrogens is 1. The molecule has 0 aromatic carbocycles. The van der Waals surface area contributed by atoms with Gasteiger partial charge in [-0.3, -0.25) is 24.9 Å². The number of aromatic nitrogens is 3. The Morgan fingerprint density at radius 2 is 1.88 bits per heavy atom. The van der Waals surface area contributed by atoms with E-state index in [0.717, 1.165) is 43.4 Å². The maximum absolute atomic E-state index is 12.1. The molecule has 0 spiro atoms. The average molecular weight is 487 g/mol. The number of aryl methyl sites for hydroxylation is 1. The van der Waals surface area contributed by atoms with Gasteiger partial charge >= 0.3 is 4.87 Å². The monoisotopic (exact) mass is 486 g/mol. The highest BCUT2D eigenvalue weighted by molar-refractivity contribution is 7.09. The van der Waals surface area contributed by atoms with Crippen LogP contribution >= 0.6 is 22.9 Å². The van der Waals surface area contributed by atoms with E-state index in [1.54, 1.807) is 0 Å². The molecule has 2 aromatic heterocycles. The Morgan fingerprint density at radius 3 is 2.59 bits per heavy atom. The molecule has 12 nitrogen and oxygen atoms in total. The van der Waals surface area contributed by atoms with Crippen LogP contribution in [0.25, 0.3) is 0 Å². The summed E-state index contributed by atoms with van der Waals surface area (Å²) in [6.07, 6.45) is 4.96. The molecule has 0 aliphatic carbocycles. The highest BCUT2D eigenvalue weighted by Gasteiger charge is 2.16. The molecule has 2 aromatic rings. The fourth-order valence-electron chi connectivity index (χ4n) is 2.65. The molecular formula is C18H27ClN8O4S. The first-order chi connectivity index (χ1) is 15.3. The van der Waals surface area contributed by atoms with Crippen LogP contribution in [0.5, 0.6) is 5.88 Å². The average Bonchev–Trinajstić information content (AvgIpc) is 3.05. The van der Waals surface area contributed by atoms with Crippen molar-refractivity contribution in [3.63, 3.8) is 0 Å². The largest absolute Gasteiger partial charge is 0.494 e. The van der Waals surface area contributed by atoms with Crippen LogP contribution in [-0.4, -0.2) is 51.7 Å². The van der Waals surface area contributed by atoms with E-state index in [-0.39, 0.29) is 39.2 Å². The van der Waals surface area contributed by atoms with E-state index in [0.29, 0.717) is 31.1 Å². The number of aliphatic imine (C=N–C) groups is 1. The quantitative estimate of drug-likeness (QED) is 0.143. The number of nitrogens with zero attached hydrogens (tertiary/aromatic N) is 3. The smallest absolute Gasteiger partial charge is 0.307 e. The third-order valence-electron chi connectivity index (χ3n) is 4.23. The van der Waals surface area contributed by atoms with Crippen LogP contribution in [0, 0.1) is 0 Å². The maximum Gasteiger partial charge on any atom is 0.307 e. The molecule has 0 radical (unpaired) electrons. The number of thiazole rings is 1. The number of ether oxygens (including phenoxy) is 1. The number of nitrogens with one attached hydrogen (secondary N) is 2. The van der Waals surface area contributed by atoms with Crippen molar-refractivity contribution in [2.75, 3.05) is 31.2 Å². The number of rotatable bonds is 12. The number of carbonyl (C=O) groups is 1. The maximum atomic E-state index is 12.1. The van der Waals surface area contributed by atoms with Gasteiger partial charge in [-0.15, -0.1) is 0 Å². The second-order valence-corrected chi connectivity index (χ2v) is 8.20. The molecule has 14 heteroatoms. The second-order valence-electron chi connectivity index (χ2n) is 6.77. The summed E-state index contributed by atoms with van der Waals surface area (Å²) < 4.78 is 5.56. The van der Waals surface area contributed by atoms with Gasteiger partial charge in [0.25, 0.3) is 5.91 Å². The number of aromatic amines is 1. The minimum absolute atomic E-state index is 0.0460. The van der Waals surface area contributed by atoms with Gasteiger partial charge in [0.15, 0.2) is 28.4 Å². The third kappa shape index (κ3) is 8.32. The number of halogens is 1. The van der Waals surface area contributed by atoms with E-state index in [1.807, 2.05) is 0 Å². The Bertz CT molecular complexity index is 994. The molecule has 1 amide bonds. The van der Waals surface area contributed by atoms with Crippen LogP contribution < -0.4 is 27.4 Å². The molecule has 32 heavy (non-hydrogen) atoms. The summed E-state index contributed by atoms with van der Waals surface area (Å²) in [5, 5.41) is 11.8. The van der Waals surface area contributed by atoms with Crippen molar-refractivity contribution in [2.24, 2.45) is 10.7 Å². The summed E-state index contributed by atoms with van der Waals surface area (Å²) in [7, 11) is 0. The summed E-state index contributed by atoms with van der Waals surface area (Å²) in [4.78, 5) is 37.6. The number of nitrogens with two attached hydrogens (primary N) is 3. The van der Waals surface area contributed by atoms with Crippen molar-refractivity contribution in [3.05, 3.63) is 25.4 Å². The van der Waals surface area contributed by atoms with Crippen LogP contribution in [0.15, 0.2) is 9.79 Å². The lowest BCUT2D eigenvalue weighted by molar-refractivity contribution is 0.0972. The molecule has 0 unspecified atom stereocenters. The Hall–Kier alpha value is -2.90. The second kappa shape index (κ2) is 12.8. The number of amides is 1. The van der Waals surface area contributed by atoms with Gasteiger partial charge in [0.2, 0.25) is 5.88 Å². The summed E-state index contributed by atoms with van der Waals surface area (Å²) in [6, 6.07) is 0. The zero-order chi connectivity index (χ0) is 23.5. The van der Waals surface area contributed by atoms with Crippen molar-refractivity contribution >= 4 is 46.4 Å². The lowest BCUT2D eigenvalue weighted by Crippen LogP contribution is -2.38. The number of guanidine groups is 1. The predicted octanol–water partition coefficient (Wildman–Crippen LogP) is 1.00. The van der Waals surface area contributed by atoms with Crippen LogP contribution in [0.2, 0.25) is 5.15 Å². The highest BCUT2D eigenvalue weighted by Crippen LogP contribution is 2.18. The van der Waals surface area contributed by atoms with Gasteiger partial charge in [-0.05, 0) is 25.7 Å². The summed E-state index contributed by atoms with van der Waals surface area (Å²) in [5.74, 6) is -0.985. The number of anilines is 2. The van der Waals surface area contributed by atoms with E-state index in [4.69, 9.17) is 33.5 Å². The molecule has 176 valence electrons. The lowest BCUT2D eigenvalue weighted by atomic mass is 10.2. The Labute approximate surface area is 193 Å². The van der Waals surface area contributed by atoms with Crippen LogP contribution in [0.4, 0.5) is 11.6 Å². The number of hydrogen-bond donors (Lipinski definition) is 6. The van der Waals surface area contributed by atoms with Crippen molar-refractivity contribution < 1.29 is 14.6 Å². The Kier molecular flexibility index (Phi) is 10.2. The van der Waals surface area contributed by atoms with Crippen LogP contribution in [0.3, 0.4) is 0 Å². The number of nitrogen functional groups attached to an aromatic ring is 2. The molecule has 0 atom stereocenters. The van der Waals surface area contributed by atoms with Crippen molar-refractivity contribution in [1.82, 2.24) is 20.3 Å². The fourth-order valence-corrected chi connectivity index (χ4v) is 3.54. The molecular weight excluding hydrogens is 460 g/mol. The van der Waals surface area contributed by atoms with Gasteiger partial charge in [0.05, 0.1) is 4.88 Å². The van der Waals surface area contributed by atoms with E-state index in [9.17, 15) is 14.7 Å². The Morgan fingerprint density at radius 1 is 1.16 bits per heavy atom. The first-order valence-electron chi connectivity index (χ1n) is 9.96. The lowest BCUT2D eigenvalue weighted by Gasteiger charge is -2.07. The minimum Gasteiger partial charge on any atom is -0.494 e. The summed E-state index contributed by atoms with van der Waals surface area (Å²) in [6.45, 7) is 1.67. The van der Waals surface area contributed by atoms with Gasteiger partial charge in [-0.25, -0.2) is 9.97 Å². The zero-order valence-electron chi connectivity index (χ0n) is 17.4. The molecule has 0 saturated carbocycles. The van der Waals surface area contributed by atoms with Gasteiger partial charge in [-0.2, -0.15) is 0 Å². The van der Waals surface area contributed by atoms with Crippen molar-refractivity contribution in [3.8, 4) is 5.88 Å². The minimum atomic E-state index is -0.670. The first kappa shape index (κ1) is 25.4. The number of unbranched alkanes of at least 4 members (excludes halogenated alkanes) is 3. The molecule has 0 aliphatic rings. The highest BCUT2D eigenvalue weighted by atomic mass is 35.5. The summed E-state index contributed by atoms with van der Waals surface area (Å²) >= 11 is 6.77. The molecule has 0 bridgehead atoms. The van der Waals surface area contributed by atoms with Crippen molar-refractivity contribution in [2.45, 2.75) is 38.5 Å². The summed E-state index contributed by atoms with van der Waals surface area (Å²) in [5.41, 5.74) is 16.6. The number of hydrogen-bond acceptors (Lipinski definition) is 10. The molecule has 9 N–H and O–H groups in total. The normalized spacial score (nSPS) is 11.6. The first-order valence-corrected chi connectivity index (χ1v) is 11.2. The third-order valence-corrected chi connectivity index (χ3v) is 5.44. The van der Waals surface area contributed by atoms with Gasteiger partial charge in [-0.1, -0.05) is 35.8 Å². The Balaban J connectivity index is 1.52.